The summed E-state index contributed by atoms with van der Waals surface area (Å²) >= 11 is 0. The summed E-state index contributed by atoms with van der Waals surface area (Å²) in [6.07, 6.45) is 1.000. The average molecular weight is 213 g/mol. The van der Waals surface area contributed by atoms with E-state index in [0.29, 0.717) is 5.56 Å². The summed E-state index contributed by atoms with van der Waals surface area (Å²) in [4.78, 5) is 10.6. The van der Waals surface area contributed by atoms with Crippen molar-refractivity contribution < 1.29 is 15.0 Å². The smallest absolute Gasteiger partial charge is 0.249 e. The lowest BCUT2D eigenvalue weighted by molar-refractivity contribution is -0.131. The number of aromatic nitrogens is 2. The Hall–Kier alpha value is -1.40. The molecule has 1 rings (SSSR count). The lowest BCUT2D eigenvalue weighted by atomic mass is 10.1. The molecule has 0 saturated carbocycles. The highest BCUT2D eigenvalue weighted by Crippen LogP contribution is 2.15. The summed E-state index contributed by atoms with van der Waals surface area (Å²) in [5.74, 6) is -0.953. The van der Waals surface area contributed by atoms with Gasteiger partial charge in [0.2, 0.25) is 5.91 Å². The molecule has 0 aliphatic heterocycles. The molecule has 1 amide bonds. The topological polar surface area (TPSA) is 101 Å². The zero-order valence-corrected chi connectivity index (χ0v) is 8.50. The van der Waals surface area contributed by atoms with Crippen LogP contribution in [0.4, 0.5) is 0 Å². The molecule has 0 fully saturated rings. The van der Waals surface area contributed by atoms with Crippen LogP contribution in [0.5, 0.6) is 0 Å². The number of nitrogens with two attached hydrogens (primary N) is 1. The minimum atomic E-state index is -1.59. The van der Waals surface area contributed by atoms with Crippen molar-refractivity contribution in [3.05, 3.63) is 18.0 Å². The molecule has 0 bridgehead atoms. The lowest BCUT2D eigenvalue weighted by Gasteiger charge is -2.12. The third kappa shape index (κ3) is 2.77. The fraction of sp³-hybridized carbons (Fsp3) is 0.556. The van der Waals surface area contributed by atoms with Crippen molar-refractivity contribution in [2.45, 2.75) is 32.1 Å². The van der Waals surface area contributed by atoms with Crippen LogP contribution in [0.1, 0.15) is 25.0 Å². The van der Waals surface area contributed by atoms with E-state index < -0.39 is 18.1 Å². The summed E-state index contributed by atoms with van der Waals surface area (Å²) in [6, 6.07) is 0. The Morgan fingerprint density at radius 2 is 2.33 bits per heavy atom. The summed E-state index contributed by atoms with van der Waals surface area (Å²) in [7, 11) is 0. The number of carbonyl (C=O) groups excluding carboxylic acids is 1. The zero-order valence-electron chi connectivity index (χ0n) is 8.50. The van der Waals surface area contributed by atoms with E-state index in [1.807, 2.05) is 6.92 Å². The van der Waals surface area contributed by atoms with Crippen molar-refractivity contribution in [2.24, 2.45) is 5.73 Å². The molecular weight excluding hydrogens is 198 g/mol. The van der Waals surface area contributed by atoms with Crippen molar-refractivity contribution in [1.82, 2.24) is 9.78 Å². The highest BCUT2D eigenvalue weighted by Gasteiger charge is 2.24. The average Bonchev–Trinajstić information content (AvgIpc) is 2.64. The second-order valence-corrected chi connectivity index (χ2v) is 3.33. The van der Waals surface area contributed by atoms with E-state index >= 15 is 0 Å². The predicted molar refractivity (Wildman–Crippen MR) is 52.7 cm³/mol. The first-order valence-corrected chi connectivity index (χ1v) is 4.74. The third-order valence-electron chi connectivity index (χ3n) is 2.04. The van der Waals surface area contributed by atoms with Gasteiger partial charge in [0.15, 0.2) is 6.10 Å². The number of nitrogens with zero attached hydrogens (tertiary/aromatic N) is 2. The van der Waals surface area contributed by atoms with Gasteiger partial charge in [0.25, 0.3) is 0 Å². The number of rotatable bonds is 5. The van der Waals surface area contributed by atoms with Gasteiger partial charge in [0.05, 0.1) is 6.20 Å². The molecule has 2 atom stereocenters. The number of aryl methyl sites for hydroxylation is 1. The van der Waals surface area contributed by atoms with Crippen LogP contribution in [0.3, 0.4) is 0 Å². The number of hydrogen-bond acceptors (Lipinski definition) is 4. The van der Waals surface area contributed by atoms with Crippen molar-refractivity contribution >= 4 is 5.91 Å². The highest BCUT2D eigenvalue weighted by atomic mass is 16.3. The molecule has 2 unspecified atom stereocenters. The molecule has 0 spiro atoms. The summed E-state index contributed by atoms with van der Waals surface area (Å²) < 4.78 is 1.63. The first-order valence-electron chi connectivity index (χ1n) is 4.74. The van der Waals surface area contributed by atoms with Gasteiger partial charge in [-0.2, -0.15) is 5.10 Å². The van der Waals surface area contributed by atoms with Crippen LogP contribution in [0, 0.1) is 0 Å². The van der Waals surface area contributed by atoms with Gasteiger partial charge in [-0.1, -0.05) is 6.92 Å². The minimum Gasteiger partial charge on any atom is -0.385 e. The van der Waals surface area contributed by atoms with E-state index in [-0.39, 0.29) is 0 Å². The number of aliphatic hydroxyl groups is 2. The fourth-order valence-electron chi connectivity index (χ4n) is 1.22. The molecule has 0 radical (unpaired) electrons. The maximum Gasteiger partial charge on any atom is 0.249 e. The largest absolute Gasteiger partial charge is 0.385 e. The second-order valence-electron chi connectivity index (χ2n) is 3.33. The number of carbonyl (C=O) groups is 1. The summed E-state index contributed by atoms with van der Waals surface area (Å²) in [6.45, 7) is 2.72. The molecule has 0 saturated heterocycles. The van der Waals surface area contributed by atoms with Crippen LogP contribution in [0.2, 0.25) is 0 Å². The first-order chi connectivity index (χ1) is 7.06. The van der Waals surface area contributed by atoms with Gasteiger partial charge in [0.1, 0.15) is 6.10 Å². The molecule has 6 nitrogen and oxygen atoms in total. The van der Waals surface area contributed by atoms with Gasteiger partial charge in [-0.25, -0.2) is 0 Å². The SMILES string of the molecule is CCCn1cc(C(O)C(O)C(N)=O)cn1. The molecule has 84 valence electrons. The summed E-state index contributed by atoms with van der Waals surface area (Å²) in [5.41, 5.74) is 5.25. The van der Waals surface area contributed by atoms with E-state index in [2.05, 4.69) is 5.10 Å². The third-order valence-corrected chi connectivity index (χ3v) is 2.04. The highest BCUT2D eigenvalue weighted by molar-refractivity contribution is 5.79. The summed E-state index contributed by atoms with van der Waals surface area (Å²) in [5, 5.41) is 22.7. The van der Waals surface area contributed by atoms with Crippen molar-refractivity contribution in [3.63, 3.8) is 0 Å². The molecule has 6 heteroatoms. The number of hydrogen-bond donors (Lipinski definition) is 3. The first kappa shape index (κ1) is 11.7. The standard InChI is InChI=1S/C9H15N3O3/c1-2-3-12-5-6(4-11-12)7(13)8(14)9(10)15/h4-5,7-8,13-14H,2-3H2,1H3,(H2,10,15). The second kappa shape index (κ2) is 4.90. The van der Waals surface area contributed by atoms with E-state index in [4.69, 9.17) is 5.73 Å². The monoisotopic (exact) mass is 213 g/mol. The maximum atomic E-state index is 10.6. The van der Waals surface area contributed by atoms with Crippen molar-refractivity contribution in [2.75, 3.05) is 0 Å². The van der Waals surface area contributed by atoms with Crippen LogP contribution in [-0.2, 0) is 11.3 Å². The molecule has 4 N–H and O–H groups in total. The molecule has 0 aromatic carbocycles. The Balaban J connectivity index is 2.73. The Morgan fingerprint density at radius 3 is 2.87 bits per heavy atom. The lowest BCUT2D eigenvalue weighted by Crippen LogP contribution is -2.33. The number of amides is 1. The molecule has 0 aliphatic rings. The van der Waals surface area contributed by atoms with Crippen LogP contribution < -0.4 is 5.73 Å². The molecule has 15 heavy (non-hydrogen) atoms. The Bertz CT molecular complexity index is 337. The molecule has 1 aromatic rings. The number of primary amides is 1. The van der Waals surface area contributed by atoms with Crippen LogP contribution in [-0.4, -0.2) is 32.0 Å². The Morgan fingerprint density at radius 1 is 1.67 bits per heavy atom. The van der Waals surface area contributed by atoms with Gasteiger partial charge in [-0.15, -0.1) is 0 Å². The van der Waals surface area contributed by atoms with E-state index in [0.717, 1.165) is 13.0 Å². The van der Waals surface area contributed by atoms with Gasteiger partial charge >= 0.3 is 0 Å². The zero-order chi connectivity index (χ0) is 11.4. The molecular formula is C9H15N3O3. The normalized spacial score (nSPS) is 14.9. The van der Waals surface area contributed by atoms with Gasteiger partial charge in [0, 0.05) is 18.3 Å². The van der Waals surface area contributed by atoms with Crippen LogP contribution in [0.15, 0.2) is 12.4 Å². The van der Waals surface area contributed by atoms with E-state index in [1.54, 1.807) is 10.9 Å². The predicted octanol–water partition coefficient (Wildman–Crippen LogP) is -0.827. The Kier molecular flexibility index (Phi) is 3.81. The molecule has 1 heterocycles. The molecule has 0 aliphatic carbocycles. The maximum absolute atomic E-state index is 10.6. The van der Waals surface area contributed by atoms with Crippen LogP contribution in [0.25, 0.3) is 0 Å². The number of aliphatic hydroxyl groups excluding tert-OH is 2. The van der Waals surface area contributed by atoms with E-state index in [1.165, 1.54) is 6.20 Å². The van der Waals surface area contributed by atoms with E-state index in [9.17, 15) is 15.0 Å². The molecule has 1 aromatic heterocycles. The minimum absolute atomic E-state index is 0.384. The Labute approximate surface area is 87.3 Å². The van der Waals surface area contributed by atoms with Crippen molar-refractivity contribution in [3.8, 4) is 0 Å². The van der Waals surface area contributed by atoms with Gasteiger partial charge in [-0.05, 0) is 6.42 Å². The van der Waals surface area contributed by atoms with Gasteiger partial charge < -0.3 is 15.9 Å². The van der Waals surface area contributed by atoms with Crippen molar-refractivity contribution in [1.29, 1.82) is 0 Å². The fourth-order valence-corrected chi connectivity index (χ4v) is 1.22. The van der Waals surface area contributed by atoms with Gasteiger partial charge in [-0.3, -0.25) is 9.48 Å². The quantitative estimate of drug-likeness (QED) is 0.594. The van der Waals surface area contributed by atoms with Crippen LogP contribution >= 0.6 is 0 Å².